The van der Waals surface area contributed by atoms with Crippen molar-refractivity contribution in [3.63, 3.8) is 0 Å². The van der Waals surface area contributed by atoms with Gasteiger partial charge in [-0.2, -0.15) is 0 Å². The van der Waals surface area contributed by atoms with Gasteiger partial charge in [-0.15, -0.1) is 0 Å². The molecule has 0 aromatic carbocycles. The zero-order valence-corrected chi connectivity index (χ0v) is 45.4. The van der Waals surface area contributed by atoms with Crippen LogP contribution in [0, 0.1) is 0 Å². The van der Waals surface area contributed by atoms with Gasteiger partial charge in [-0.1, -0.05) is 289 Å². The fraction of sp³-hybridized carbons (Fsp3) is 0.934. The fourth-order valence-electron chi connectivity index (χ4n) is 9.64. The molecule has 0 aliphatic carbocycles. The highest BCUT2D eigenvalue weighted by atomic mass is 16.5. The largest absolute Gasteiger partial charge is 0.466 e. The summed E-state index contributed by atoms with van der Waals surface area (Å²) in [6.07, 6.45) is 67.8. The Bertz CT molecular complexity index is 1000. The lowest BCUT2D eigenvalue weighted by atomic mass is 10.0. The molecule has 2 atom stereocenters. The third-order valence-electron chi connectivity index (χ3n) is 14.3. The Morgan fingerprint density at radius 1 is 0.403 bits per heavy atom. The molecule has 0 radical (unpaired) electrons. The van der Waals surface area contributed by atoms with Crippen molar-refractivity contribution in [1.82, 2.24) is 5.32 Å². The summed E-state index contributed by atoms with van der Waals surface area (Å²) in [4.78, 5) is 24.5. The molecule has 0 aromatic heterocycles. The molecule has 0 saturated heterocycles. The number of ether oxygens (including phenoxy) is 1. The van der Waals surface area contributed by atoms with E-state index < -0.39 is 12.1 Å². The van der Waals surface area contributed by atoms with Crippen molar-refractivity contribution in [1.29, 1.82) is 0 Å². The molecule has 67 heavy (non-hydrogen) atoms. The van der Waals surface area contributed by atoms with Gasteiger partial charge in [-0.3, -0.25) is 9.59 Å². The molecule has 0 aromatic rings. The number of carbonyl (C=O) groups excluding carboxylic acids is 2. The minimum absolute atomic E-state index is 0.00664. The predicted molar refractivity (Wildman–Crippen MR) is 292 cm³/mol. The number of carbonyl (C=O) groups is 2. The summed E-state index contributed by atoms with van der Waals surface area (Å²) >= 11 is 0. The number of rotatable bonds is 57. The summed E-state index contributed by atoms with van der Waals surface area (Å²) < 4.78 is 5.48. The van der Waals surface area contributed by atoms with Gasteiger partial charge in [0.2, 0.25) is 5.91 Å². The van der Waals surface area contributed by atoms with Crippen molar-refractivity contribution in [3.05, 3.63) is 12.2 Å². The average Bonchev–Trinajstić information content (AvgIpc) is 3.33. The Labute approximate surface area is 419 Å². The normalized spacial score (nSPS) is 12.6. The summed E-state index contributed by atoms with van der Waals surface area (Å²) in [5.41, 5.74) is 0. The highest BCUT2D eigenvalue weighted by molar-refractivity contribution is 5.76. The standard InChI is InChI=1S/C61H119NO5/c1-3-5-7-9-11-13-15-17-19-22-26-29-33-37-41-45-49-53-59(64)58(57-63)62-60(65)54-50-46-42-38-34-30-27-23-20-21-24-28-32-36-40-44-48-52-56-67-61(66)55-51-47-43-39-35-31-25-18-16-14-12-10-8-6-4-2/h23,27,58-59,63-64H,3-22,24-26,28-57H2,1-2H3,(H,62,65)/b27-23-. The van der Waals surface area contributed by atoms with Gasteiger partial charge in [-0.05, 0) is 51.4 Å². The van der Waals surface area contributed by atoms with Crippen LogP contribution in [0.5, 0.6) is 0 Å². The zero-order chi connectivity index (χ0) is 48.6. The molecule has 0 rings (SSSR count). The second-order valence-electron chi connectivity index (χ2n) is 21.0. The number of hydrogen-bond donors (Lipinski definition) is 3. The smallest absolute Gasteiger partial charge is 0.305 e. The molecule has 2 unspecified atom stereocenters. The van der Waals surface area contributed by atoms with E-state index in [-0.39, 0.29) is 18.5 Å². The van der Waals surface area contributed by atoms with Crippen molar-refractivity contribution in [2.45, 2.75) is 353 Å². The lowest BCUT2D eigenvalue weighted by molar-refractivity contribution is -0.143. The summed E-state index contributed by atoms with van der Waals surface area (Å²) in [5, 5.41) is 23.3. The van der Waals surface area contributed by atoms with Crippen molar-refractivity contribution in [2.75, 3.05) is 13.2 Å². The summed E-state index contributed by atoms with van der Waals surface area (Å²) in [5.74, 6) is -0.0397. The van der Waals surface area contributed by atoms with E-state index in [2.05, 4.69) is 31.3 Å². The van der Waals surface area contributed by atoms with Crippen molar-refractivity contribution >= 4 is 11.9 Å². The van der Waals surface area contributed by atoms with E-state index in [0.717, 1.165) is 51.4 Å². The van der Waals surface area contributed by atoms with Crippen LogP contribution in [-0.2, 0) is 14.3 Å². The molecule has 0 aliphatic heterocycles. The van der Waals surface area contributed by atoms with Crippen LogP contribution in [-0.4, -0.2) is 47.4 Å². The number of allylic oxidation sites excluding steroid dienone is 2. The maximum Gasteiger partial charge on any atom is 0.305 e. The van der Waals surface area contributed by atoms with Gasteiger partial charge in [0.1, 0.15) is 0 Å². The van der Waals surface area contributed by atoms with Crippen LogP contribution in [0.1, 0.15) is 341 Å². The van der Waals surface area contributed by atoms with E-state index in [1.165, 1.54) is 257 Å². The fourth-order valence-corrected chi connectivity index (χ4v) is 9.64. The Kier molecular flexibility index (Phi) is 56.0. The van der Waals surface area contributed by atoms with E-state index in [9.17, 15) is 19.8 Å². The molecule has 6 heteroatoms. The van der Waals surface area contributed by atoms with Crippen LogP contribution in [0.2, 0.25) is 0 Å². The van der Waals surface area contributed by atoms with E-state index in [1.807, 2.05) is 0 Å². The first-order valence-electron chi connectivity index (χ1n) is 30.4. The maximum atomic E-state index is 12.5. The van der Waals surface area contributed by atoms with Gasteiger partial charge in [0, 0.05) is 12.8 Å². The van der Waals surface area contributed by atoms with Crippen LogP contribution in [0.3, 0.4) is 0 Å². The molecule has 0 saturated carbocycles. The molecule has 3 N–H and O–H groups in total. The van der Waals surface area contributed by atoms with Crippen molar-refractivity contribution in [3.8, 4) is 0 Å². The number of hydrogen-bond acceptors (Lipinski definition) is 5. The lowest BCUT2D eigenvalue weighted by Gasteiger charge is -2.22. The number of amides is 1. The van der Waals surface area contributed by atoms with Crippen molar-refractivity contribution < 1.29 is 24.5 Å². The number of nitrogens with one attached hydrogen (secondary N) is 1. The molecule has 0 fully saturated rings. The van der Waals surface area contributed by atoms with Crippen LogP contribution >= 0.6 is 0 Å². The Morgan fingerprint density at radius 2 is 0.701 bits per heavy atom. The lowest BCUT2D eigenvalue weighted by Crippen LogP contribution is -2.45. The summed E-state index contributed by atoms with van der Waals surface area (Å²) in [6.45, 7) is 4.97. The summed E-state index contributed by atoms with van der Waals surface area (Å²) in [7, 11) is 0. The number of aliphatic hydroxyl groups is 2. The van der Waals surface area contributed by atoms with Gasteiger partial charge in [0.25, 0.3) is 0 Å². The minimum atomic E-state index is -0.672. The first kappa shape index (κ1) is 65.6. The van der Waals surface area contributed by atoms with Gasteiger partial charge in [0.05, 0.1) is 25.4 Å². The second-order valence-corrected chi connectivity index (χ2v) is 21.0. The topological polar surface area (TPSA) is 95.9 Å². The molecule has 0 aliphatic rings. The van der Waals surface area contributed by atoms with E-state index in [0.29, 0.717) is 25.9 Å². The molecule has 6 nitrogen and oxygen atoms in total. The van der Waals surface area contributed by atoms with Crippen molar-refractivity contribution in [2.24, 2.45) is 0 Å². The first-order chi connectivity index (χ1) is 33.0. The number of esters is 1. The Hall–Kier alpha value is -1.40. The quantitative estimate of drug-likeness (QED) is 0.0321. The number of aliphatic hydroxyl groups excluding tert-OH is 2. The number of unbranched alkanes of at least 4 members (excludes halogenated alkanes) is 44. The molecule has 0 spiro atoms. The SMILES string of the molecule is CCCCCCCCCCCCCCCCCCCC(O)C(CO)NC(=O)CCCCCCC/C=C\CCCCCCCCCCCOC(=O)CCCCCCCCCCCCCCCCC. The molecule has 0 bridgehead atoms. The predicted octanol–water partition coefficient (Wildman–Crippen LogP) is 18.9. The zero-order valence-electron chi connectivity index (χ0n) is 45.4. The molecule has 0 heterocycles. The highest BCUT2D eigenvalue weighted by Gasteiger charge is 2.20. The van der Waals surface area contributed by atoms with Gasteiger partial charge < -0.3 is 20.3 Å². The van der Waals surface area contributed by atoms with Crippen LogP contribution in [0.15, 0.2) is 12.2 Å². The van der Waals surface area contributed by atoms with Gasteiger partial charge >= 0.3 is 5.97 Å². The third-order valence-corrected chi connectivity index (χ3v) is 14.3. The van der Waals surface area contributed by atoms with Crippen LogP contribution < -0.4 is 5.32 Å². The highest BCUT2D eigenvalue weighted by Crippen LogP contribution is 2.18. The summed E-state index contributed by atoms with van der Waals surface area (Å²) in [6, 6.07) is -0.551. The van der Waals surface area contributed by atoms with Crippen LogP contribution in [0.25, 0.3) is 0 Å². The Balaban J connectivity index is 3.43. The second kappa shape index (κ2) is 57.2. The minimum Gasteiger partial charge on any atom is -0.466 e. The first-order valence-corrected chi connectivity index (χ1v) is 30.4. The van der Waals surface area contributed by atoms with Crippen LogP contribution in [0.4, 0.5) is 0 Å². The monoisotopic (exact) mass is 946 g/mol. The molecule has 1 amide bonds. The Morgan fingerprint density at radius 3 is 1.06 bits per heavy atom. The van der Waals surface area contributed by atoms with Gasteiger partial charge in [-0.25, -0.2) is 0 Å². The van der Waals surface area contributed by atoms with E-state index in [1.54, 1.807) is 0 Å². The molecular weight excluding hydrogens is 827 g/mol. The molecule has 398 valence electrons. The average molecular weight is 947 g/mol. The van der Waals surface area contributed by atoms with Gasteiger partial charge in [0.15, 0.2) is 0 Å². The van der Waals surface area contributed by atoms with E-state index in [4.69, 9.17) is 4.74 Å². The molecular formula is C61H119NO5. The maximum absolute atomic E-state index is 12.5. The third kappa shape index (κ3) is 53.8. The van der Waals surface area contributed by atoms with E-state index >= 15 is 0 Å².